The molecule has 2 aromatic carbocycles. The highest BCUT2D eigenvalue weighted by Crippen LogP contribution is 2.26. The second-order valence-corrected chi connectivity index (χ2v) is 5.68. The molecular weight excluding hydrogens is 319 g/mol. The van der Waals surface area contributed by atoms with Gasteiger partial charge in [-0.2, -0.15) is 5.10 Å². The van der Waals surface area contributed by atoms with Crippen LogP contribution in [0.5, 0.6) is 0 Å². The van der Waals surface area contributed by atoms with Crippen LogP contribution in [0.25, 0.3) is 21.9 Å². The van der Waals surface area contributed by atoms with E-state index in [2.05, 4.69) is 15.4 Å². The Labute approximate surface area is 143 Å². The number of pyridine rings is 1. The number of rotatable bonds is 3. The second kappa shape index (κ2) is 5.98. The summed E-state index contributed by atoms with van der Waals surface area (Å²) in [6, 6.07) is 15.2. The van der Waals surface area contributed by atoms with E-state index in [1.165, 1.54) is 24.3 Å². The molecule has 0 atom stereocenters. The zero-order valence-corrected chi connectivity index (χ0v) is 13.5. The Hall–Kier alpha value is -3.28. The van der Waals surface area contributed by atoms with E-state index in [1.807, 2.05) is 37.3 Å². The van der Waals surface area contributed by atoms with E-state index in [-0.39, 0.29) is 11.7 Å². The summed E-state index contributed by atoms with van der Waals surface area (Å²) >= 11 is 0. The van der Waals surface area contributed by atoms with Crippen LogP contribution in [0.2, 0.25) is 0 Å². The highest BCUT2D eigenvalue weighted by atomic mass is 19.1. The van der Waals surface area contributed by atoms with Crippen molar-refractivity contribution in [3.8, 4) is 0 Å². The normalized spacial score (nSPS) is 11.1. The summed E-state index contributed by atoms with van der Waals surface area (Å²) in [5.41, 5.74) is 1.96. The monoisotopic (exact) mass is 334 g/mol. The first-order valence-corrected chi connectivity index (χ1v) is 7.99. The van der Waals surface area contributed by atoms with Gasteiger partial charge in [0.05, 0.1) is 10.9 Å². The number of aryl methyl sites for hydroxylation is 1. The summed E-state index contributed by atoms with van der Waals surface area (Å²) in [6.45, 7) is 2.60. The fraction of sp³-hybridized carbons (Fsp3) is 0.105. The predicted molar refractivity (Wildman–Crippen MR) is 95.1 cm³/mol. The lowest BCUT2D eigenvalue weighted by atomic mass is 10.2. The van der Waals surface area contributed by atoms with Crippen LogP contribution in [0.15, 0.2) is 54.6 Å². The Morgan fingerprint density at radius 1 is 1.16 bits per heavy atom. The number of aromatic nitrogens is 3. The van der Waals surface area contributed by atoms with Crippen molar-refractivity contribution < 1.29 is 9.18 Å². The van der Waals surface area contributed by atoms with Crippen LogP contribution >= 0.6 is 0 Å². The largest absolute Gasteiger partial charge is 0.305 e. The molecule has 4 rings (SSSR count). The number of carbonyl (C=O) groups is 1. The van der Waals surface area contributed by atoms with Gasteiger partial charge in [0.1, 0.15) is 5.82 Å². The van der Waals surface area contributed by atoms with Crippen LogP contribution in [0.1, 0.15) is 17.3 Å². The lowest BCUT2D eigenvalue weighted by molar-refractivity contribution is 0.102. The molecule has 0 aliphatic carbocycles. The van der Waals surface area contributed by atoms with Gasteiger partial charge in [-0.15, -0.1) is 0 Å². The molecule has 0 saturated carbocycles. The quantitative estimate of drug-likeness (QED) is 0.616. The van der Waals surface area contributed by atoms with E-state index in [0.717, 1.165) is 21.9 Å². The molecule has 0 spiro atoms. The summed E-state index contributed by atoms with van der Waals surface area (Å²) in [4.78, 5) is 17.1. The molecule has 0 bridgehead atoms. The molecule has 5 nitrogen and oxygen atoms in total. The van der Waals surface area contributed by atoms with Crippen molar-refractivity contribution >= 4 is 33.7 Å². The first-order chi connectivity index (χ1) is 12.2. The molecule has 25 heavy (non-hydrogen) atoms. The van der Waals surface area contributed by atoms with Crippen molar-refractivity contribution in [3.63, 3.8) is 0 Å². The summed E-state index contributed by atoms with van der Waals surface area (Å²) in [5.74, 6) is -0.270. The number of nitrogens with one attached hydrogen (secondary N) is 1. The number of benzene rings is 2. The molecule has 0 aliphatic rings. The average Bonchev–Trinajstić information content (AvgIpc) is 2.97. The minimum atomic E-state index is -0.382. The van der Waals surface area contributed by atoms with Gasteiger partial charge in [-0.1, -0.05) is 18.2 Å². The molecule has 1 N–H and O–H groups in total. The van der Waals surface area contributed by atoms with E-state index in [4.69, 9.17) is 0 Å². The van der Waals surface area contributed by atoms with Gasteiger partial charge in [-0.05, 0) is 43.3 Å². The number of amides is 1. The lowest BCUT2D eigenvalue weighted by Crippen LogP contribution is -2.12. The molecule has 0 aliphatic heterocycles. The van der Waals surface area contributed by atoms with Gasteiger partial charge >= 0.3 is 0 Å². The third-order valence-corrected chi connectivity index (χ3v) is 4.06. The fourth-order valence-electron chi connectivity index (χ4n) is 2.79. The average molecular weight is 334 g/mol. The molecule has 1 amide bonds. The minimum absolute atomic E-state index is 0.337. The zero-order chi connectivity index (χ0) is 17.4. The van der Waals surface area contributed by atoms with Gasteiger partial charge < -0.3 is 5.32 Å². The third kappa shape index (κ3) is 2.71. The van der Waals surface area contributed by atoms with Gasteiger partial charge in [-0.3, -0.25) is 4.79 Å². The number of carbonyl (C=O) groups excluding carboxylic acids is 1. The Kier molecular flexibility index (Phi) is 3.65. The maximum atomic E-state index is 13.0. The van der Waals surface area contributed by atoms with Gasteiger partial charge in [0.2, 0.25) is 0 Å². The third-order valence-electron chi connectivity index (χ3n) is 4.06. The van der Waals surface area contributed by atoms with Crippen molar-refractivity contribution in [1.29, 1.82) is 0 Å². The molecule has 6 heteroatoms. The minimum Gasteiger partial charge on any atom is -0.305 e. The van der Waals surface area contributed by atoms with Gasteiger partial charge in [0, 0.05) is 17.5 Å². The predicted octanol–water partition coefficient (Wildman–Crippen LogP) is 4.00. The van der Waals surface area contributed by atoms with E-state index in [1.54, 1.807) is 4.68 Å². The molecule has 0 saturated heterocycles. The van der Waals surface area contributed by atoms with Crippen molar-refractivity contribution in [3.05, 3.63) is 66.0 Å². The standard InChI is InChI=1S/C19H15FN4O/c1-2-24-18-15(11-13-5-3-4-6-16(13)21-18)17(23-24)22-19(25)12-7-9-14(20)10-8-12/h3-11H,2H2,1H3,(H,22,23,25). The number of anilines is 1. The zero-order valence-electron chi connectivity index (χ0n) is 13.5. The molecule has 0 unspecified atom stereocenters. The lowest BCUT2D eigenvalue weighted by Gasteiger charge is -2.03. The van der Waals surface area contributed by atoms with Crippen molar-refractivity contribution in [2.45, 2.75) is 13.5 Å². The van der Waals surface area contributed by atoms with Gasteiger partial charge in [0.15, 0.2) is 11.5 Å². The molecule has 4 aromatic rings. The Bertz CT molecular complexity index is 1090. The molecular formula is C19H15FN4O. The fourth-order valence-corrected chi connectivity index (χ4v) is 2.79. The molecule has 2 aromatic heterocycles. The maximum Gasteiger partial charge on any atom is 0.256 e. The molecule has 2 heterocycles. The van der Waals surface area contributed by atoms with Crippen LogP contribution in [0.3, 0.4) is 0 Å². The van der Waals surface area contributed by atoms with E-state index in [0.29, 0.717) is 17.9 Å². The number of fused-ring (bicyclic) bond motifs is 2. The summed E-state index contributed by atoms with van der Waals surface area (Å²) in [6.07, 6.45) is 0. The van der Waals surface area contributed by atoms with E-state index < -0.39 is 0 Å². The van der Waals surface area contributed by atoms with E-state index >= 15 is 0 Å². The van der Waals surface area contributed by atoms with Gasteiger partial charge in [-0.25, -0.2) is 14.1 Å². The van der Waals surface area contributed by atoms with Crippen molar-refractivity contribution in [2.24, 2.45) is 0 Å². The highest BCUT2D eigenvalue weighted by molar-refractivity contribution is 6.08. The number of hydrogen-bond acceptors (Lipinski definition) is 3. The van der Waals surface area contributed by atoms with Crippen molar-refractivity contribution in [1.82, 2.24) is 14.8 Å². The Morgan fingerprint density at radius 2 is 1.92 bits per heavy atom. The number of hydrogen-bond donors (Lipinski definition) is 1. The molecule has 124 valence electrons. The Balaban J connectivity index is 1.79. The van der Waals surface area contributed by atoms with Crippen LogP contribution in [0, 0.1) is 5.82 Å². The van der Waals surface area contributed by atoms with Gasteiger partial charge in [0.25, 0.3) is 5.91 Å². The smallest absolute Gasteiger partial charge is 0.256 e. The second-order valence-electron chi connectivity index (χ2n) is 5.68. The molecule has 0 fully saturated rings. The van der Waals surface area contributed by atoms with E-state index in [9.17, 15) is 9.18 Å². The van der Waals surface area contributed by atoms with Crippen LogP contribution in [-0.2, 0) is 6.54 Å². The summed E-state index contributed by atoms with van der Waals surface area (Å²) in [5, 5.41) is 9.02. The summed E-state index contributed by atoms with van der Waals surface area (Å²) in [7, 11) is 0. The molecule has 0 radical (unpaired) electrons. The highest BCUT2D eigenvalue weighted by Gasteiger charge is 2.15. The topological polar surface area (TPSA) is 59.8 Å². The number of halogens is 1. The number of nitrogens with zero attached hydrogens (tertiary/aromatic N) is 3. The van der Waals surface area contributed by atoms with Crippen LogP contribution in [-0.4, -0.2) is 20.7 Å². The Morgan fingerprint density at radius 3 is 2.68 bits per heavy atom. The summed E-state index contributed by atoms with van der Waals surface area (Å²) < 4.78 is 14.8. The SMILES string of the molecule is CCn1nc(NC(=O)c2ccc(F)cc2)c2cc3ccccc3nc21. The van der Waals surface area contributed by atoms with Crippen LogP contribution in [0.4, 0.5) is 10.2 Å². The maximum absolute atomic E-state index is 13.0. The van der Waals surface area contributed by atoms with Crippen molar-refractivity contribution in [2.75, 3.05) is 5.32 Å². The first-order valence-electron chi connectivity index (χ1n) is 7.99. The first kappa shape index (κ1) is 15.3. The van der Waals surface area contributed by atoms with Crippen LogP contribution < -0.4 is 5.32 Å². The number of para-hydroxylation sites is 1.